The largest absolute Gasteiger partial charge is 0.307 e. The van der Waals surface area contributed by atoms with Crippen LogP contribution in [0.2, 0.25) is 0 Å². The van der Waals surface area contributed by atoms with Crippen molar-refractivity contribution in [1.82, 2.24) is 24.1 Å². The van der Waals surface area contributed by atoms with Gasteiger partial charge in [-0.1, -0.05) is 127 Å². The summed E-state index contributed by atoms with van der Waals surface area (Å²) in [6, 6.07) is 54.0. The van der Waals surface area contributed by atoms with Gasteiger partial charge in [0.05, 0.1) is 22.1 Å². The Morgan fingerprint density at radius 2 is 1.08 bits per heavy atom. The summed E-state index contributed by atoms with van der Waals surface area (Å²) in [7, 11) is 0. The second kappa shape index (κ2) is 11.3. The Bertz CT molecular complexity index is 3070. The normalized spacial score (nSPS) is 12.8. The van der Waals surface area contributed by atoms with Crippen LogP contribution >= 0.6 is 0 Å². The Balaban J connectivity index is 1.27. The number of benzene rings is 7. The summed E-state index contributed by atoms with van der Waals surface area (Å²) in [5.74, 6) is 1.88. The molecule has 0 radical (unpaired) electrons. The molecule has 0 atom stereocenters. The minimum Gasteiger partial charge on any atom is -0.307 e. The molecular weight excluding hydrogens is 635 g/mol. The second-order valence-corrected chi connectivity index (χ2v) is 13.6. The van der Waals surface area contributed by atoms with E-state index in [0.717, 1.165) is 67.9 Å². The number of nitrogens with zero attached hydrogens (tertiary/aromatic N) is 5. The van der Waals surface area contributed by atoms with Crippen LogP contribution in [0, 0.1) is 0 Å². The van der Waals surface area contributed by atoms with Crippen LogP contribution < -0.4 is 0 Å². The molecule has 0 fully saturated rings. The van der Waals surface area contributed by atoms with E-state index in [1.54, 1.807) is 0 Å². The maximum atomic E-state index is 5.35. The Kier molecular flexibility index (Phi) is 6.31. The lowest BCUT2D eigenvalue weighted by Gasteiger charge is -2.14. The van der Waals surface area contributed by atoms with Crippen LogP contribution in [0.1, 0.15) is 17.5 Å². The molecule has 0 bridgehead atoms. The molecule has 1 aliphatic carbocycles. The molecule has 0 saturated heterocycles. The molecule has 11 rings (SSSR count). The van der Waals surface area contributed by atoms with E-state index in [2.05, 4.69) is 173 Å². The Morgan fingerprint density at radius 3 is 1.85 bits per heavy atom. The van der Waals surface area contributed by atoms with Crippen LogP contribution in [-0.4, -0.2) is 24.1 Å². The molecule has 244 valence electrons. The molecule has 1 aliphatic rings. The van der Waals surface area contributed by atoms with Gasteiger partial charge in [0.15, 0.2) is 11.6 Å². The van der Waals surface area contributed by atoms with Gasteiger partial charge in [0.1, 0.15) is 0 Å². The minimum atomic E-state index is 0.588. The summed E-state index contributed by atoms with van der Waals surface area (Å²) in [4.78, 5) is 15.9. The van der Waals surface area contributed by atoms with Gasteiger partial charge in [0, 0.05) is 38.4 Å². The summed E-state index contributed by atoms with van der Waals surface area (Å²) in [5.41, 5.74) is 9.99. The molecule has 0 saturated carbocycles. The highest BCUT2D eigenvalue weighted by atomic mass is 15.2. The zero-order valence-corrected chi connectivity index (χ0v) is 28.2. The lowest BCUT2D eigenvalue weighted by atomic mass is 9.95. The fourth-order valence-corrected chi connectivity index (χ4v) is 8.17. The summed E-state index contributed by atoms with van der Waals surface area (Å²) < 4.78 is 4.66. The third-order valence-corrected chi connectivity index (χ3v) is 10.6. The smallest absolute Gasteiger partial charge is 0.238 e. The molecule has 7 aromatic carbocycles. The number of rotatable bonds is 4. The highest BCUT2D eigenvalue weighted by Crippen LogP contribution is 2.41. The zero-order valence-electron chi connectivity index (χ0n) is 28.2. The number of hydrogen-bond donors (Lipinski definition) is 0. The molecule has 5 nitrogen and oxygen atoms in total. The average molecular weight is 666 g/mol. The van der Waals surface area contributed by atoms with Crippen LogP contribution in [0.3, 0.4) is 0 Å². The van der Waals surface area contributed by atoms with Crippen LogP contribution in [0.25, 0.3) is 94.9 Å². The zero-order chi connectivity index (χ0) is 34.2. The van der Waals surface area contributed by atoms with Gasteiger partial charge in [0.2, 0.25) is 5.95 Å². The van der Waals surface area contributed by atoms with Crippen molar-refractivity contribution in [3.63, 3.8) is 0 Å². The Labute approximate surface area is 299 Å². The van der Waals surface area contributed by atoms with Crippen LogP contribution in [0.15, 0.2) is 158 Å². The lowest BCUT2D eigenvalue weighted by Crippen LogP contribution is -2.07. The van der Waals surface area contributed by atoms with Gasteiger partial charge in [-0.05, 0) is 71.1 Å². The van der Waals surface area contributed by atoms with Crippen molar-refractivity contribution in [3.05, 3.63) is 169 Å². The molecule has 0 amide bonds. The number of fused-ring (bicyclic) bond motifs is 9. The van der Waals surface area contributed by atoms with E-state index in [4.69, 9.17) is 15.0 Å². The Morgan fingerprint density at radius 1 is 0.462 bits per heavy atom. The first-order valence-electron chi connectivity index (χ1n) is 17.8. The molecular formula is C47H31N5. The number of aromatic nitrogens is 5. The van der Waals surface area contributed by atoms with Crippen molar-refractivity contribution >= 4 is 60.5 Å². The van der Waals surface area contributed by atoms with Gasteiger partial charge in [-0.15, -0.1) is 0 Å². The molecule has 10 aromatic rings. The van der Waals surface area contributed by atoms with E-state index < -0.39 is 0 Å². The van der Waals surface area contributed by atoms with Crippen molar-refractivity contribution in [2.45, 2.75) is 12.8 Å². The first kappa shape index (κ1) is 28.9. The van der Waals surface area contributed by atoms with Crippen molar-refractivity contribution in [3.8, 4) is 34.4 Å². The fraction of sp³-hybridized carbons (Fsp3) is 0.0426. The predicted octanol–water partition coefficient (Wildman–Crippen LogP) is 11.5. The predicted molar refractivity (Wildman–Crippen MR) is 214 cm³/mol. The summed E-state index contributed by atoms with van der Waals surface area (Å²) in [6.07, 6.45) is 6.58. The van der Waals surface area contributed by atoms with E-state index in [-0.39, 0.29) is 0 Å². The number of hydrogen-bond acceptors (Lipinski definition) is 3. The van der Waals surface area contributed by atoms with E-state index >= 15 is 0 Å². The monoisotopic (exact) mass is 665 g/mol. The van der Waals surface area contributed by atoms with Crippen LogP contribution in [0.5, 0.6) is 0 Å². The molecule has 5 heteroatoms. The van der Waals surface area contributed by atoms with Crippen LogP contribution in [-0.2, 0) is 6.42 Å². The van der Waals surface area contributed by atoms with Gasteiger partial charge in [-0.25, -0.2) is 4.98 Å². The van der Waals surface area contributed by atoms with E-state index in [0.29, 0.717) is 17.6 Å². The SMILES string of the molecule is C1=Cc2cc(-c3nc(-c4ccc5ccccc5c4)nc(-n4c5ccccc5c5ccc6c7ccccc7n(-c7ccccc7)c6c54)n3)ccc2CC1. The third kappa shape index (κ3) is 4.39. The van der Waals surface area contributed by atoms with E-state index in [1.807, 2.05) is 0 Å². The maximum absolute atomic E-state index is 5.35. The van der Waals surface area contributed by atoms with Crippen molar-refractivity contribution in [2.24, 2.45) is 0 Å². The van der Waals surface area contributed by atoms with Gasteiger partial charge < -0.3 is 4.57 Å². The van der Waals surface area contributed by atoms with Crippen LogP contribution in [0.4, 0.5) is 0 Å². The number of allylic oxidation sites excluding steroid dienone is 1. The summed E-state index contributed by atoms with van der Waals surface area (Å²) in [6.45, 7) is 0. The number of aryl methyl sites for hydroxylation is 1. The highest BCUT2D eigenvalue weighted by molar-refractivity contribution is 6.23. The first-order valence-corrected chi connectivity index (χ1v) is 17.8. The topological polar surface area (TPSA) is 48.5 Å². The molecule has 52 heavy (non-hydrogen) atoms. The molecule has 0 N–H and O–H groups in total. The molecule has 3 heterocycles. The van der Waals surface area contributed by atoms with Gasteiger partial charge in [0.25, 0.3) is 0 Å². The molecule has 0 spiro atoms. The van der Waals surface area contributed by atoms with E-state index in [9.17, 15) is 0 Å². The van der Waals surface area contributed by atoms with E-state index in [1.165, 1.54) is 27.3 Å². The average Bonchev–Trinajstić information content (AvgIpc) is 3.74. The van der Waals surface area contributed by atoms with Gasteiger partial charge in [-0.2, -0.15) is 9.97 Å². The molecule has 0 aliphatic heterocycles. The highest BCUT2D eigenvalue weighted by Gasteiger charge is 2.23. The first-order chi connectivity index (χ1) is 25.8. The van der Waals surface area contributed by atoms with Gasteiger partial charge in [-0.3, -0.25) is 4.57 Å². The minimum absolute atomic E-state index is 0.588. The van der Waals surface area contributed by atoms with Gasteiger partial charge >= 0.3 is 0 Å². The van der Waals surface area contributed by atoms with Crippen molar-refractivity contribution in [2.75, 3.05) is 0 Å². The summed E-state index contributed by atoms with van der Waals surface area (Å²) in [5, 5.41) is 7.01. The Hall–Kier alpha value is -6.85. The second-order valence-electron chi connectivity index (χ2n) is 13.6. The summed E-state index contributed by atoms with van der Waals surface area (Å²) >= 11 is 0. The standard InChI is InChI=1S/C47H31N5/c1-2-16-36(17-3-1)51-41-20-10-8-18-37(41)39-26-27-40-38-19-9-11-21-42(38)52(44(40)43(39)51)47-49-45(34-24-22-30-12-4-6-14-32(30)28-34)48-46(50-47)35-25-23-31-13-5-7-15-33(31)29-35/h1-4,6-12,14-29H,5,13H2. The molecule has 3 aromatic heterocycles. The quantitative estimate of drug-likeness (QED) is 0.188. The van der Waals surface area contributed by atoms with Crippen molar-refractivity contribution < 1.29 is 0 Å². The fourth-order valence-electron chi connectivity index (χ4n) is 8.17. The maximum Gasteiger partial charge on any atom is 0.238 e. The lowest BCUT2D eigenvalue weighted by molar-refractivity contribution is 0.951. The third-order valence-electron chi connectivity index (χ3n) is 10.6. The molecule has 0 unspecified atom stereocenters. The van der Waals surface area contributed by atoms with Crippen molar-refractivity contribution in [1.29, 1.82) is 0 Å². The number of para-hydroxylation sites is 3.